The van der Waals surface area contributed by atoms with E-state index in [0.29, 0.717) is 11.5 Å². The molecule has 0 aromatic heterocycles. The van der Waals surface area contributed by atoms with Crippen LogP contribution in [0.1, 0.15) is 31.7 Å². The molecule has 3 nitrogen and oxygen atoms in total. The Labute approximate surface area is 140 Å². The van der Waals surface area contributed by atoms with Gasteiger partial charge >= 0.3 is 0 Å². The second kappa shape index (κ2) is 7.67. The third-order valence-corrected chi connectivity index (χ3v) is 5.19. The largest absolute Gasteiger partial charge is 0.496 e. The van der Waals surface area contributed by atoms with Crippen LogP contribution in [-0.2, 0) is 6.42 Å². The van der Waals surface area contributed by atoms with Crippen molar-refractivity contribution in [2.24, 2.45) is 5.41 Å². The van der Waals surface area contributed by atoms with Gasteiger partial charge in [-0.25, -0.2) is 0 Å². The Kier molecular flexibility index (Phi) is 6.13. The van der Waals surface area contributed by atoms with Crippen molar-refractivity contribution in [3.05, 3.63) is 29.8 Å². The first kappa shape index (κ1) is 17.6. The van der Waals surface area contributed by atoms with E-state index in [9.17, 15) is 0 Å². The topological polar surface area (TPSA) is 24.5 Å². The summed E-state index contributed by atoms with van der Waals surface area (Å²) in [5.41, 5.74) is 1.82. The van der Waals surface area contributed by atoms with E-state index >= 15 is 0 Å². The number of rotatable bonds is 5. The molecule has 2 fully saturated rings. The van der Waals surface area contributed by atoms with Crippen LogP contribution in [0.4, 0.5) is 0 Å². The number of benzene rings is 1. The monoisotopic (exact) mass is 324 g/mol. The van der Waals surface area contributed by atoms with Gasteiger partial charge in [0.2, 0.25) is 0 Å². The predicted octanol–water partition coefficient (Wildman–Crippen LogP) is 3.12. The molecule has 2 atom stereocenters. The highest BCUT2D eigenvalue weighted by atomic mass is 35.5. The van der Waals surface area contributed by atoms with E-state index in [1.54, 1.807) is 7.11 Å². The van der Waals surface area contributed by atoms with Gasteiger partial charge in [0, 0.05) is 19.1 Å². The van der Waals surface area contributed by atoms with Crippen molar-refractivity contribution in [1.29, 1.82) is 0 Å². The fourth-order valence-electron chi connectivity index (χ4n) is 3.95. The van der Waals surface area contributed by atoms with Crippen molar-refractivity contribution in [3.63, 3.8) is 0 Å². The standard InChI is InChI=1S/C18H28N2O.ClH/c1-18(9-10-19-13-18)14-20-11-5-7-16(20)12-15-6-3-4-8-17(15)21-2;/h3-4,6,8,16,19H,5,7,9-14H2,1-2H3;1H. The average molecular weight is 325 g/mol. The minimum atomic E-state index is 0. The molecule has 0 amide bonds. The van der Waals surface area contributed by atoms with Crippen LogP contribution in [0.3, 0.4) is 0 Å². The summed E-state index contributed by atoms with van der Waals surface area (Å²) in [6.07, 6.45) is 5.09. The maximum absolute atomic E-state index is 5.52. The summed E-state index contributed by atoms with van der Waals surface area (Å²) in [6, 6.07) is 9.16. The molecule has 0 spiro atoms. The zero-order valence-electron chi connectivity index (χ0n) is 13.8. The highest BCUT2D eigenvalue weighted by molar-refractivity contribution is 5.85. The van der Waals surface area contributed by atoms with Gasteiger partial charge in [-0.15, -0.1) is 12.4 Å². The highest BCUT2D eigenvalue weighted by Gasteiger charge is 2.35. The molecule has 2 unspecified atom stereocenters. The van der Waals surface area contributed by atoms with Crippen molar-refractivity contribution >= 4 is 12.4 Å². The van der Waals surface area contributed by atoms with E-state index in [0.717, 1.165) is 12.2 Å². The van der Waals surface area contributed by atoms with Crippen molar-refractivity contribution in [1.82, 2.24) is 10.2 Å². The Hall–Kier alpha value is -0.770. The Morgan fingerprint density at radius 2 is 2.18 bits per heavy atom. The lowest BCUT2D eigenvalue weighted by Crippen LogP contribution is -2.41. The minimum absolute atomic E-state index is 0. The number of nitrogens with zero attached hydrogens (tertiary/aromatic N) is 1. The van der Waals surface area contributed by atoms with Crippen LogP contribution in [0.5, 0.6) is 5.75 Å². The van der Waals surface area contributed by atoms with E-state index in [1.807, 2.05) is 0 Å². The number of nitrogens with one attached hydrogen (secondary N) is 1. The van der Waals surface area contributed by atoms with Gasteiger partial charge in [0.25, 0.3) is 0 Å². The summed E-state index contributed by atoms with van der Waals surface area (Å²) < 4.78 is 5.52. The van der Waals surface area contributed by atoms with Crippen LogP contribution in [0.15, 0.2) is 24.3 Å². The molecule has 124 valence electrons. The lowest BCUT2D eigenvalue weighted by molar-refractivity contribution is 0.163. The van der Waals surface area contributed by atoms with Crippen LogP contribution in [0, 0.1) is 5.41 Å². The van der Waals surface area contributed by atoms with Crippen LogP contribution in [0.2, 0.25) is 0 Å². The third-order valence-electron chi connectivity index (χ3n) is 5.19. The van der Waals surface area contributed by atoms with Crippen molar-refractivity contribution < 1.29 is 4.74 Å². The fraction of sp³-hybridized carbons (Fsp3) is 0.667. The molecule has 1 aromatic rings. The molecule has 4 heteroatoms. The van der Waals surface area contributed by atoms with Crippen LogP contribution < -0.4 is 10.1 Å². The Morgan fingerprint density at radius 1 is 1.36 bits per heavy atom. The van der Waals surface area contributed by atoms with E-state index < -0.39 is 0 Å². The molecule has 22 heavy (non-hydrogen) atoms. The lowest BCUT2D eigenvalue weighted by Gasteiger charge is -2.33. The summed E-state index contributed by atoms with van der Waals surface area (Å²) in [5, 5.41) is 3.52. The van der Waals surface area contributed by atoms with Gasteiger partial charge in [0.1, 0.15) is 5.75 Å². The SMILES string of the molecule is COc1ccccc1CC1CCCN1CC1(C)CCNC1.Cl. The molecule has 0 bridgehead atoms. The first-order valence-electron chi connectivity index (χ1n) is 8.27. The highest BCUT2D eigenvalue weighted by Crippen LogP contribution is 2.31. The molecule has 1 aromatic carbocycles. The smallest absolute Gasteiger partial charge is 0.122 e. The van der Waals surface area contributed by atoms with Gasteiger partial charge in [0.05, 0.1) is 7.11 Å². The summed E-state index contributed by atoms with van der Waals surface area (Å²) in [6.45, 7) is 7.28. The molecule has 0 aliphatic carbocycles. The fourth-order valence-corrected chi connectivity index (χ4v) is 3.95. The van der Waals surface area contributed by atoms with E-state index in [1.165, 1.54) is 51.0 Å². The molecule has 2 heterocycles. The Morgan fingerprint density at radius 3 is 2.91 bits per heavy atom. The molecule has 1 N–H and O–H groups in total. The van der Waals surface area contributed by atoms with Crippen LogP contribution in [-0.4, -0.2) is 44.2 Å². The third kappa shape index (κ3) is 3.95. The molecule has 3 rings (SSSR count). The minimum Gasteiger partial charge on any atom is -0.496 e. The summed E-state index contributed by atoms with van der Waals surface area (Å²) in [5.74, 6) is 1.04. The molecule has 2 saturated heterocycles. The van der Waals surface area contributed by atoms with Crippen molar-refractivity contribution in [2.45, 2.75) is 38.6 Å². The first-order chi connectivity index (χ1) is 10.2. The zero-order valence-corrected chi connectivity index (χ0v) is 14.6. The molecule has 2 aliphatic rings. The lowest BCUT2D eigenvalue weighted by atomic mass is 9.88. The quantitative estimate of drug-likeness (QED) is 0.900. The summed E-state index contributed by atoms with van der Waals surface area (Å²) in [7, 11) is 1.77. The summed E-state index contributed by atoms with van der Waals surface area (Å²) in [4.78, 5) is 2.72. The van der Waals surface area contributed by atoms with Crippen molar-refractivity contribution in [3.8, 4) is 5.75 Å². The van der Waals surface area contributed by atoms with Gasteiger partial charge in [-0.3, -0.25) is 4.90 Å². The zero-order chi connectivity index (χ0) is 14.7. The van der Waals surface area contributed by atoms with Crippen LogP contribution >= 0.6 is 12.4 Å². The van der Waals surface area contributed by atoms with Gasteiger partial charge < -0.3 is 10.1 Å². The molecule has 2 aliphatic heterocycles. The Balaban J connectivity index is 0.00000176. The van der Waals surface area contributed by atoms with E-state index in [-0.39, 0.29) is 12.4 Å². The first-order valence-corrected chi connectivity index (χ1v) is 8.27. The maximum Gasteiger partial charge on any atom is 0.122 e. The average Bonchev–Trinajstić information content (AvgIpc) is 3.10. The number of ether oxygens (including phenoxy) is 1. The molecule has 0 saturated carbocycles. The number of methoxy groups -OCH3 is 1. The van der Waals surface area contributed by atoms with E-state index in [4.69, 9.17) is 4.74 Å². The Bertz CT molecular complexity index is 474. The molecular formula is C18H29ClN2O. The van der Waals surface area contributed by atoms with Crippen molar-refractivity contribution in [2.75, 3.05) is 33.3 Å². The second-order valence-corrected chi connectivity index (χ2v) is 7.02. The van der Waals surface area contributed by atoms with Gasteiger partial charge in [-0.05, 0) is 55.8 Å². The molecule has 0 radical (unpaired) electrons. The predicted molar refractivity (Wildman–Crippen MR) is 94.1 cm³/mol. The maximum atomic E-state index is 5.52. The number of hydrogen-bond donors (Lipinski definition) is 1. The normalized spacial score (nSPS) is 28.5. The van der Waals surface area contributed by atoms with Gasteiger partial charge in [-0.2, -0.15) is 0 Å². The van der Waals surface area contributed by atoms with E-state index in [2.05, 4.69) is 41.4 Å². The second-order valence-electron chi connectivity index (χ2n) is 7.02. The summed E-state index contributed by atoms with van der Waals surface area (Å²) >= 11 is 0. The van der Waals surface area contributed by atoms with Gasteiger partial charge in [0.15, 0.2) is 0 Å². The number of para-hydroxylation sites is 1. The number of likely N-dealkylation sites (tertiary alicyclic amines) is 1. The number of halogens is 1. The van der Waals surface area contributed by atoms with Crippen LogP contribution in [0.25, 0.3) is 0 Å². The number of hydrogen-bond acceptors (Lipinski definition) is 3. The van der Waals surface area contributed by atoms with Gasteiger partial charge in [-0.1, -0.05) is 25.1 Å². The molecular weight excluding hydrogens is 296 g/mol.